The van der Waals surface area contributed by atoms with Gasteiger partial charge in [0.25, 0.3) is 11.8 Å². The minimum absolute atomic E-state index is 0.0331. The Balaban J connectivity index is 2.36. The van der Waals surface area contributed by atoms with Gasteiger partial charge in [-0.25, -0.2) is 0 Å². The van der Waals surface area contributed by atoms with Crippen LogP contribution in [0, 0.1) is 5.41 Å². The lowest BCUT2D eigenvalue weighted by molar-refractivity contribution is -0.251. The van der Waals surface area contributed by atoms with E-state index < -0.39 is 35.8 Å². The highest BCUT2D eigenvalue weighted by Crippen LogP contribution is 2.25. The molecule has 0 bridgehead atoms. The Bertz CT molecular complexity index is 703. The molecule has 1 aliphatic heterocycles. The molecule has 3 amide bonds. The summed E-state index contributed by atoms with van der Waals surface area (Å²) >= 11 is 0. The molecule has 1 rings (SSSR count). The van der Waals surface area contributed by atoms with E-state index in [1.807, 2.05) is 41.5 Å². The minimum Gasteiger partial charge on any atom is -0.460 e. The zero-order valence-corrected chi connectivity index (χ0v) is 20.5. The van der Waals surface area contributed by atoms with Crippen molar-refractivity contribution in [2.45, 2.75) is 78.8 Å². The monoisotopic (exact) mass is 470 g/mol. The zero-order chi connectivity index (χ0) is 25.2. The van der Waals surface area contributed by atoms with Crippen LogP contribution >= 0.6 is 0 Å². The third-order valence-corrected chi connectivity index (χ3v) is 4.66. The van der Waals surface area contributed by atoms with E-state index >= 15 is 0 Å². The first-order valence-corrected chi connectivity index (χ1v) is 11.1. The van der Waals surface area contributed by atoms with Gasteiger partial charge in [-0.2, -0.15) is 0 Å². The van der Waals surface area contributed by atoms with Gasteiger partial charge in [0.2, 0.25) is 5.91 Å². The second-order valence-corrected chi connectivity index (χ2v) is 9.88. The van der Waals surface area contributed by atoms with Gasteiger partial charge < -0.3 is 24.6 Å². The molecule has 10 nitrogen and oxygen atoms in total. The van der Waals surface area contributed by atoms with Crippen molar-refractivity contribution in [1.29, 1.82) is 0 Å². The van der Waals surface area contributed by atoms with Crippen molar-refractivity contribution >= 4 is 23.7 Å². The lowest BCUT2D eigenvalue weighted by Crippen LogP contribution is -2.42. The number of hydrogen-bond acceptors (Lipinski definition) is 8. The Labute approximate surface area is 195 Å². The van der Waals surface area contributed by atoms with E-state index in [-0.39, 0.29) is 56.9 Å². The van der Waals surface area contributed by atoms with Crippen molar-refractivity contribution in [1.82, 2.24) is 10.2 Å². The van der Waals surface area contributed by atoms with Crippen LogP contribution in [0.2, 0.25) is 0 Å². The number of ether oxygens (including phenoxy) is 3. The lowest BCUT2D eigenvalue weighted by Gasteiger charge is -2.35. The van der Waals surface area contributed by atoms with Crippen LogP contribution < -0.4 is 5.32 Å². The van der Waals surface area contributed by atoms with Crippen LogP contribution in [-0.4, -0.2) is 78.0 Å². The number of nitrogens with zero attached hydrogens (tertiary/aromatic N) is 1. The normalized spacial score (nSPS) is 16.2. The molecule has 0 spiro atoms. The smallest absolute Gasteiger partial charge is 0.305 e. The zero-order valence-electron chi connectivity index (χ0n) is 20.5. The van der Waals surface area contributed by atoms with E-state index in [4.69, 9.17) is 14.2 Å². The highest BCUT2D eigenvalue weighted by molar-refractivity contribution is 6.12. The third-order valence-electron chi connectivity index (χ3n) is 4.66. The summed E-state index contributed by atoms with van der Waals surface area (Å²) in [4.78, 5) is 47.9. The van der Waals surface area contributed by atoms with Gasteiger partial charge in [0.05, 0.1) is 18.3 Å². The van der Waals surface area contributed by atoms with Crippen LogP contribution in [0.4, 0.5) is 0 Å². The Morgan fingerprint density at radius 2 is 1.67 bits per heavy atom. The van der Waals surface area contributed by atoms with Gasteiger partial charge in [0.15, 0.2) is 6.29 Å². The standard InChI is InChI=1S/C23H38N2O8/c1-22(2,3)16(14-26)32-21(33-23(4,5)6)15-31-20(30)9-7-8-17(27)24-12-13-25-18(28)10-11-19(25)29/h10-11,16,21,26H,7-9,12-15H2,1-6H3,(H,24,27). The van der Waals surface area contributed by atoms with Crippen LogP contribution in [0.3, 0.4) is 0 Å². The van der Waals surface area contributed by atoms with Crippen LogP contribution in [0.25, 0.3) is 0 Å². The molecule has 0 aromatic carbocycles. The van der Waals surface area contributed by atoms with Crippen molar-refractivity contribution in [3.63, 3.8) is 0 Å². The number of imide groups is 1. The fourth-order valence-electron chi connectivity index (χ4n) is 2.87. The van der Waals surface area contributed by atoms with Gasteiger partial charge in [-0.1, -0.05) is 20.8 Å². The number of hydrogen-bond donors (Lipinski definition) is 2. The van der Waals surface area contributed by atoms with E-state index in [0.29, 0.717) is 0 Å². The Kier molecular flexibility index (Phi) is 11.2. The largest absolute Gasteiger partial charge is 0.460 e. The molecule has 1 heterocycles. The molecule has 2 unspecified atom stereocenters. The van der Waals surface area contributed by atoms with E-state index in [1.54, 1.807) is 0 Å². The SMILES string of the molecule is CC(C)(C)OC(COC(=O)CCCC(=O)NCCN1C(=O)C=CC1=O)OC(CO)C(C)(C)C. The number of carbonyl (C=O) groups excluding carboxylic acids is 4. The summed E-state index contributed by atoms with van der Waals surface area (Å²) < 4.78 is 17.0. The Morgan fingerprint density at radius 1 is 1.06 bits per heavy atom. The molecule has 10 heteroatoms. The number of aliphatic hydroxyl groups is 1. The lowest BCUT2D eigenvalue weighted by atomic mass is 9.89. The first-order valence-electron chi connectivity index (χ1n) is 11.1. The van der Waals surface area contributed by atoms with Gasteiger partial charge in [-0.3, -0.25) is 24.1 Å². The topological polar surface area (TPSA) is 131 Å². The number of rotatable bonds is 13. The maximum atomic E-state index is 12.1. The van der Waals surface area contributed by atoms with Crippen LogP contribution in [0.15, 0.2) is 12.2 Å². The predicted molar refractivity (Wildman–Crippen MR) is 120 cm³/mol. The molecule has 1 aliphatic rings. The van der Waals surface area contributed by atoms with Gasteiger partial charge in [0, 0.05) is 38.1 Å². The van der Waals surface area contributed by atoms with Crippen molar-refractivity contribution in [2.75, 3.05) is 26.3 Å². The highest BCUT2D eigenvalue weighted by Gasteiger charge is 2.31. The third kappa shape index (κ3) is 11.4. The summed E-state index contributed by atoms with van der Waals surface area (Å²) in [5.41, 5.74) is -0.884. The minimum atomic E-state index is -0.848. The molecule has 0 aliphatic carbocycles. The van der Waals surface area contributed by atoms with Gasteiger partial charge in [-0.15, -0.1) is 0 Å². The van der Waals surface area contributed by atoms with Crippen molar-refractivity contribution in [3.05, 3.63) is 12.2 Å². The first kappa shape index (κ1) is 28.7. The highest BCUT2D eigenvalue weighted by atomic mass is 16.7. The second-order valence-electron chi connectivity index (χ2n) is 9.88. The van der Waals surface area contributed by atoms with Gasteiger partial charge in [0.1, 0.15) is 6.61 Å². The average Bonchev–Trinajstić information content (AvgIpc) is 3.00. The first-order chi connectivity index (χ1) is 15.2. The number of amides is 3. The Hall–Kier alpha value is -2.30. The summed E-state index contributed by atoms with van der Waals surface area (Å²) in [6.45, 7) is 11.2. The summed E-state index contributed by atoms with van der Waals surface area (Å²) in [6.07, 6.45) is 1.43. The van der Waals surface area contributed by atoms with E-state index in [9.17, 15) is 24.3 Å². The predicted octanol–water partition coefficient (Wildman–Crippen LogP) is 1.31. The molecular formula is C23H38N2O8. The molecule has 0 aromatic heterocycles. The van der Waals surface area contributed by atoms with Crippen LogP contribution in [0.1, 0.15) is 60.8 Å². The molecule has 2 N–H and O–H groups in total. The number of carbonyl (C=O) groups is 4. The number of nitrogens with one attached hydrogen (secondary N) is 1. The van der Waals surface area contributed by atoms with Crippen molar-refractivity contribution in [3.8, 4) is 0 Å². The maximum Gasteiger partial charge on any atom is 0.305 e. The molecule has 188 valence electrons. The number of esters is 1. The van der Waals surface area contributed by atoms with Crippen LogP contribution in [-0.2, 0) is 33.4 Å². The quantitative estimate of drug-likeness (QED) is 0.234. The second kappa shape index (κ2) is 12.8. The fourth-order valence-corrected chi connectivity index (χ4v) is 2.87. The maximum absolute atomic E-state index is 12.1. The van der Waals surface area contributed by atoms with E-state index in [2.05, 4.69) is 5.32 Å². The average molecular weight is 471 g/mol. The summed E-state index contributed by atoms with van der Waals surface area (Å²) in [6, 6.07) is 0. The molecule has 0 aromatic rings. The van der Waals surface area contributed by atoms with Gasteiger partial charge in [-0.05, 0) is 32.6 Å². The van der Waals surface area contributed by atoms with Crippen molar-refractivity contribution < 1.29 is 38.5 Å². The fraction of sp³-hybridized carbons (Fsp3) is 0.739. The molecule has 2 atom stereocenters. The van der Waals surface area contributed by atoms with E-state index in [1.165, 1.54) is 12.2 Å². The summed E-state index contributed by atoms with van der Waals surface area (Å²) in [5.74, 6) is -1.59. The van der Waals surface area contributed by atoms with Crippen molar-refractivity contribution in [2.24, 2.45) is 5.41 Å². The molecule has 0 saturated carbocycles. The van der Waals surface area contributed by atoms with Crippen LogP contribution in [0.5, 0.6) is 0 Å². The van der Waals surface area contributed by atoms with Gasteiger partial charge >= 0.3 is 5.97 Å². The molecule has 0 saturated heterocycles. The Morgan fingerprint density at radius 3 is 2.18 bits per heavy atom. The number of aliphatic hydroxyl groups excluding tert-OH is 1. The molecule has 33 heavy (non-hydrogen) atoms. The molecular weight excluding hydrogens is 432 g/mol. The molecule has 0 radical (unpaired) electrons. The van der Waals surface area contributed by atoms with E-state index in [0.717, 1.165) is 4.90 Å². The molecule has 0 fully saturated rings. The summed E-state index contributed by atoms with van der Waals surface area (Å²) in [5, 5.41) is 12.3. The summed E-state index contributed by atoms with van der Waals surface area (Å²) in [7, 11) is 0.